The summed E-state index contributed by atoms with van der Waals surface area (Å²) in [6.45, 7) is 3.49. The Bertz CT molecular complexity index is 974. The van der Waals surface area contributed by atoms with E-state index in [1.807, 2.05) is 0 Å². The Labute approximate surface area is 179 Å². The largest absolute Gasteiger partial charge is 0.497 e. The summed E-state index contributed by atoms with van der Waals surface area (Å²) >= 11 is 0. The van der Waals surface area contributed by atoms with Crippen molar-refractivity contribution in [3.8, 4) is 5.75 Å². The number of halogens is 1. The first-order valence-electron chi connectivity index (χ1n) is 10.00. The second kappa shape index (κ2) is 9.59. The van der Waals surface area contributed by atoms with Gasteiger partial charge in [-0.3, -0.25) is 14.4 Å². The van der Waals surface area contributed by atoms with E-state index in [0.717, 1.165) is 0 Å². The lowest BCUT2D eigenvalue weighted by atomic mass is 9.89. The average Bonchev–Trinajstić information content (AvgIpc) is 2.71. The molecular weight excluding hydrogens is 403 g/mol. The Hall–Kier alpha value is -3.42. The second-order valence-electron chi connectivity index (χ2n) is 7.61. The molecule has 0 fully saturated rings. The van der Waals surface area contributed by atoms with E-state index < -0.39 is 29.7 Å². The highest BCUT2D eigenvalue weighted by Crippen LogP contribution is 2.34. The van der Waals surface area contributed by atoms with Gasteiger partial charge in [0, 0.05) is 12.1 Å². The van der Waals surface area contributed by atoms with Crippen LogP contribution in [-0.4, -0.2) is 31.0 Å². The normalized spacial score (nSPS) is 16.2. The van der Waals surface area contributed by atoms with E-state index in [-0.39, 0.29) is 30.5 Å². The van der Waals surface area contributed by atoms with Gasteiger partial charge in [0.25, 0.3) is 0 Å². The first-order chi connectivity index (χ1) is 14.8. The minimum absolute atomic E-state index is 0.0732. The molecule has 0 unspecified atom stereocenters. The molecule has 0 spiro atoms. The number of methoxy groups -OCH3 is 1. The Morgan fingerprint density at radius 1 is 1.19 bits per heavy atom. The number of nitrogens with one attached hydrogen (secondary N) is 2. The number of anilines is 1. The van der Waals surface area contributed by atoms with Crippen LogP contribution in [0.3, 0.4) is 0 Å². The van der Waals surface area contributed by atoms with Crippen LogP contribution in [0, 0.1) is 5.82 Å². The summed E-state index contributed by atoms with van der Waals surface area (Å²) in [7, 11) is 1.54. The molecular formula is C23H25FN2O5. The molecule has 0 saturated heterocycles. The van der Waals surface area contributed by atoms with Gasteiger partial charge in [-0.15, -0.1) is 0 Å². The maximum Gasteiger partial charge on any atom is 0.308 e. The maximum absolute atomic E-state index is 13.6. The zero-order valence-corrected chi connectivity index (χ0v) is 17.6. The molecule has 164 valence electrons. The van der Waals surface area contributed by atoms with Gasteiger partial charge >= 0.3 is 5.97 Å². The molecule has 31 heavy (non-hydrogen) atoms. The highest BCUT2D eigenvalue weighted by Gasteiger charge is 2.32. The molecule has 0 saturated carbocycles. The van der Waals surface area contributed by atoms with Gasteiger partial charge in [0.2, 0.25) is 11.8 Å². The summed E-state index contributed by atoms with van der Waals surface area (Å²) in [5.74, 6) is -1.93. The number of ether oxygens (including phenoxy) is 2. The molecule has 0 aromatic heterocycles. The fourth-order valence-electron chi connectivity index (χ4n) is 3.51. The van der Waals surface area contributed by atoms with E-state index in [1.54, 1.807) is 45.2 Å². The molecule has 2 aromatic carbocycles. The number of hydrogen-bond acceptors (Lipinski definition) is 5. The molecule has 1 heterocycles. The van der Waals surface area contributed by atoms with E-state index in [0.29, 0.717) is 16.9 Å². The second-order valence-corrected chi connectivity index (χ2v) is 7.61. The number of carbonyl (C=O) groups is 3. The van der Waals surface area contributed by atoms with E-state index in [4.69, 9.17) is 9.47 Å². The third-order valence-corrected chi connectivity index (χ3v) is 4.94. The Balaban J connectivity index is 1.85. The molecule has 2 atom stereocenters. The SMILES string of the molecule is COc1ccc([C@H](CC(=O)OC(C)C)NC(=O)[C@H]2CC(=O)Nc3cc(F)ccc32)cc1. The van der Waals surface area contributed by atoms with Crippen molar-refractivity contribution in [2.45, 2.75) is 44.8 Å². The molecule has 2 aromatic rings. The minimum atomic E-state index is -0.800. The van der Waals surface area contributed by atoms with Crippen molar-refractivity contribution in [3.05, 3.63) is 59.4 Å². The molecule has 1 aliphatic heterocycles. The summed E-state index contributed by atoms with van der Waals surface area (Å²) in [4.78, 5) is 37.5. The lowest BCUT2D eigenvalue weighted by Gasteiger charge is -2.27. The van der Waals surface area contributed by atoms with Crippen LogP contribution >= 0.6 is 0 Å². The smallest absolute Gasteiger partial charge is 0.308 e. The van der Waals surface area contributed by atoms with Crippen molar-refractivity contribution in [2.75, 3.05) is 12.4 Å². The van der Waals surface area contributed by atoms with Gasteiger partial charge in [0.15, 0.2) is 0 Å². The zero-order valence-electron chi connectivity index (χ0n) is 17.6. The van der Waals surface area contributed by atoms with Crippen molar-refractivity contribution in [2.24, 2.45) is 0 Å². The van der Waals surface area contributed by atoms with Gasteiger partial charge in [-0.2, -0.15) is 0 Å². The number of rotatable bonds is 7. The van der Waals surface area contributed by atoms with Crippen LogP contribution in [0.25, 0.3) is 0 Å². The number of hydrogen-bond donors (Lipinski definition) is 2. The molecule has 0 bridgehead atoms. The topological polar surface area (TPSA) is 93.7 Å². The van der Waals surface area contributed by atoms with Crippen molar-refractivity contribution < 1.29 is 28.2 Å². The van der Waals surface area contributed by atoms with Gasteiger partial charge in [0.1, 0.15) is 11.6 Å². The van der Waals surface area contributed by atoms with Crippen LogP contribution in [0.1, 0.15) is 49.8 Å². The number of esters is 1. The molecule has 1 aliphatic rings. The number of carbonyl (C=O) groups excluding carboxylic acids is 3. The lowest BCUT2D eigenvalue weighted by Crippen LogP contribution is -2.38. The molecule has 0 aliphatic carbocycles. The first kappa shape index (κ1) is 22.3. The van der Waals surface area contributed by atoms with Crippen molar-refractivity contribution in [3.63, 3.8) is 0 Å². The Morgan fingerprint density at radius 2 is 1.90 bits per heavy atom. The fourth-order valence-corrected chi connectivity index (χ4v) is 3.51. The van der Waals surface area contributed by atoms with Gasteiger partial charge < -0.3 is 20.1 Å². The summed E-state index contributed by atoms with van der Waals surface area (Å²) < 4.78 is 24.0. The molecule has 0 radical (unpaired) electrons. The van der Waals surface area contributed by atoms with E-state index in [9.17, 15) is 18.8 Å². The number of benzene rings is 2. The molecule has 2 amide bonds. The van der Waals surface area contributed by atoms with Gasteiger partial charge in [-0.1, -0.05) is 18.2 Å². The van der Waals surface area contributed by atoms with Crippen LogP contribution in [0.4, 0.5) is 10.1 Å². The number of fused-ring (bicyclic) bond motifs is 1. The lowest BCUT2D eigenvalue weighted by molar-refractivity contribution is -0.148. The number of amides is 2. The molecule has 2 N–H and O–H groups in total. The predicted molar refractivity (Wildman–Crippen MR) is 112 cm³/mol. The third-order valence-electron chi connectivity index (χ3n) is 4.94. The van der Waals surface area contributed by atoms with E-state index in [1.165, 1.54) is 18.2 Å². The molecule has 7 nitrogen and oxygen atoms in total. The minimum Gasteiger partial charge on any atom is -0.497 e. The van der Waals surface area contributed by atoms with Gasteiger partial charge in [-0.05, 0) is 49.2 Å². The summed E-state index contributed by atoms with van der Waals surface area (Å²) in [5, 5.41) is 5.46. The van der Waals surface area contributed by atoms with Gasteiger partial charge in [-0.25, -0.2) is 4.39 Å². The van der Waals surface area contributed by atoms with Crippen LogP contribution in [0.15, 0.2) is 42.5 Å². The highest BCUT2D eigenvalue weighted by molar-refractivity contribution is 6.01. The van der Waals surface area contributed by atoms with Crippen LogP contribution in [0.2, 0.25) is 0 Å². The fraction of sp³-hybridized carbons (Fsp3) is 0.348. The van der Waals surface area contributed by atoms with Crippen molar-refractivity contribution >= 4 is 23.5 Å². The summed E-state index contributed by atoms with van der Waals surface area (Å²) in [5.41, 5.74) is 1.49. The van der Waals surface area contributed by atoms with Crippen LogP contribution < -0.4 is 15.4 Å². The van der Waals surface area contributed by atoms with Crippen LogP contribution in [0.5, 0.6) is 5.75 Å². The van der Waals surface area contributed by atoms with E-state index in [2.05, 4.69) is 10.6 Å². The quantitative estimate of drug-likeness (QED) is 0.659. The van der Waals surface area contributed by atoms with Crippen LogP contribution in [-0.2, 0) is 19.1 Å². The maximum atomic E-state index is 13.6. The van der Waals surface area contributed by atoms with Crippen molar-refractivity contribution in [1.82, 2.24) is 5.32 Å². The van der Waals surface area contributed by atoms with E-state index >= 15 is 0 Å². The summed E-state index contributed by atoms with van der Waals surface area (Å²) in [6.07, 6.45) is -0.440. The zero-order chi connectivity index (χ0) is 22.5. The first-order valence-corrected chi connectivity index (χ1v) is 10.00. The third kappa shape index (κ3) is 5.59. The highest BCUT2D eigenvalue weighted by atomic mass is 19.1. The van der Waals surface area contributed by atoms with Gasteiger partial charge in [0.05, 0.1) is 31.6 Å². The molecule has 8 heteroatoms. The van der Waals surface area contributed by atoms with Crippen molar-refractivity contribution in [1.29, 1.82) is 0 Å². The standard InChI is InChI=1S/C23H25FN2O5/c1-13(2)31-22(28)12-19(14-4-7-16(30-3)8-5-14)26-23(29)18-11-21(27)25-20-10-15(24)6-9-17(18)20/h4-10,13,18-19H,11-12H2,1-3H3,(H,25,27)(H,26,29)/t18-,19-/m0/s1. The molecule has 3 rings (SSSR count). The predicted octanol–water partition coefficient (Wildman–Crippen LogP) is 3.46. The average molecular weight is 428 g/mol. The Kier molecular flexibility index (Phi) is 6.89. The summed E-state index contributed by atoms with van der Waals surface area (Å²) in [6, 6.07) is 10.2. The monoisotopic (exact) mass is 428 g/mol. The Morgan fingerprint density at radius 3 is 2.55 bits per heavy atom.